The molecule has 3 nitrogen and oxygen atoms in total. The van der Waals surface area contributed by atoms with E-state index in [-0.39, 0.29) is 0 Å². The molecule has 0 spiro atoms. The molecule has 1 fully saturated rings. The Balaban J connectivity index is 1.87. The van der Waals surface area contributed by atoms with Gasteiger partial charge in [-0.1, -0.05) is 36.4 Å². The van der Waals surface area contributed by atoms with Crippen LogP contribution in [0.15, 0.2) is 46.9 Å². The lowest BCUT2D eigenvalue weighted by molar-refractivity contribution is 0.598. The number of hydrogen-bond acceptors (Lipinski definition) is 3. The predicted octanol–water partition coefficient (Wildman–Crippen LogP) is 3.71. The van der Waals surface area contributed by atoms with Gasteiger partial charge in [0.05, 0.1) is 13.1 Å². The highest BCUT2D eigenvalue weighted by Gasteiger charge is 2.22. The Labute approximate surface area is 131 Å². The van der Waals surface area contributed by atoms with E-state index in [1.165, 1.54) is 18.2 Å². The fraction of sp³-hybridized carbons (Fsp3) is 0.222. The fourth-order valence-electron chi connectivity index (χ4n) is 3.24. The van der Waals surface area contributed by atoms with Crippen molar-refractivity contribution in [1.82, 2.24) is 9.56 Å². The summed E-state index contributed by atoms with van der Waals surface area (Å²) >= 11 is 1.74. The van der Waals surface area contributed by atoms with Crippen molar-refractivity contribution in [2.45, 2.75) is 12.8 Å². The maximum atomic E-state index is 6.17. The Bertz CT molecular complexity index is 1040. The van der Waals surface area contributed by atoms with Gasteiger partial charge >= 0.3 is 10.7 Å². The Morgan fingerprint density at radius 3 is 2.73 bits per heavy atom. The summed E-state index contributed by atoms with van der Waals surface area (Å²) in [6.07, 6.45) is 2.53. The normalized spacial score (nSPS) is 15.4. The van der Waals surface area contributed by atoms with Crippen LogP contribution in [0.2, 0.25) is 0 Å². The molecule has 0 amide bonds. The molecule has 22 heavy (non-hydrogen) atoms. The highest BCUT2D eigenvalue weighted by Crippen LogP contribution is 2.32. The summed E-state index contributed by atoms with van der Waals surface area (Å²) < 4.78 is 8.54. The maximum absolute atomic E-state index is 6.17. The quantitative estimate of drug-likeness (QED) is 0.366. The number of fused-ring (bicyclic) bond motifs is 4. The summed E-state index contributed by atoms with van der Waals surface area (Å²) in [5, 5.41) is 3.49. The van der Waals surface area contributed by atoms with E-state index in [0.29, 0.717) is 0 Å². The first-order valence-corrected chi connectivity index (χ1v) is 8.50. The monoisotopic (exact) mass is 307 g/mol. The van der Waals surface area contributed by atoms with Crippen LogP contribution >= 0.6 is 11.3 Å². The molecule has 108 valence electrons. The zero-order chi connectivity index (χ0) is 14.5. The van der Waals surface area contributed by atoms with Crippen molar-refractivity contribution < 1.29 is 4.42 Å². The van der Waals surface area contributed by atoms with Crippen LogP contribution < -0.4 is 9.38 Å². The van der Waals surface area contributed by atoms with Gasteiger partial charge < -0.3 is 4.42 Å². The first kappa shape index (κ1) is 12.4. The van der Waals surface area contributed by atoms with E-state index in [9.17, 15) is 0 Å². The Morgan fingerprint density at radius 1 is 1.00 bits per heavy atom. The molecule has 0 aromatic heterocycles. The average Bonchev–Trinajstić information content (AvgIpc) is 3.21. The smallest absolute Gasteiger partial charge is 0.382 e. The van der Waals surface area contributed by atoms with Crippen LogP contribution in [-0.4, -0.2) is 18.1 Å². The molecule has 4 heteroatoms. The van der Waals surface area contributed by atoms with Gasteiger partial charge in [-0.25, -0.2) is 4.58 Å². The molecule has 0 radical (unpaired) electrons. The molecule has 0 N–H and O–H groups in total. The van der Waals surface area contributed by atoms with Gasteiger partial charge in [0.25, 0.3) is 0 Å². The van der Waals surface area contributed by atoms with Crippen LogP contribution in [-0.2, 0) is 0 Å². The molecular formula is C18H15N2OS+. The second-order valence-electron chi connectivity index (χ2n) is 5.81. The minimum Gasteiger partial charge on any atom is -0.418 e. The lowest BCUT2D eigenvalue weighted by Crippen LogP contribution is -2.25. The first-order valence-electron chi connectivity index (χ1n) is 7.69. The maximum Gasteiger partial charge on any atom is 0.382 e. The van der Waals surface area contributed by atoms with Crippen LogP contribution in [0, 0.1) is 0 Å². The first-order chi connectivity index (χ1) is 10.9. The number of rotatable bonds is 0. The molecule has 0 bridgehead atoms. The van der Waals surface area contributed by atoms with Crippen molar-refractivity contribution in [3.05, 3.63) is 47.3 Å². The topological polar surface area (TPSA) is 29.0 Å². The minimum absolute atomic E-state index is 0.760. The van der Waals surface area contributed by atoms with Gasteiger partial charge in [0.2, 0.25) is 0 Å². The van der Waals surface area contributed by atoms with Crippen LogP contribution in [0.25, 0.3) is 32.5 Å². The number of benzene rings is 2. The molecule has 0 aliphatic carbocycles. The van der Waals surface area contributed by atoms with Gasteiger partial charge in [0, 0.05) is 15.8 Å². The highest BCUT2D eigenvalue weighted by atomic mass is 32.1. The van der Waals surface area contributed by atoms with Crippen molar-refractivity contribution in [2.24, 2.45) is 0 Å². The number of nitrogens with zero attached hydrogens (tertiary/aromatic N) is 2. The zero-order valence-corrected chi connectivity index (χ0v) is 12.9. The molecule has 2 aromatic rings. The predicted molar refractivity (Wildman–Crippen MR) is 90.3 cm³/mol. The van der Waals surface area contributed by atoms with Crippen LogP contribution in [0.3, 0.4) is 0 Å². The largest absolute Gasteiger partial charge is 0.418 e. The van der Waals surface area contributed by atoms with Crippen molar-refractivity contribution in [2.75, 3.05) is 13.1 Å². The van der Waals surface area contributed by atoms with Gasteiger partial charge in [0.15, 0.2) is 0 Å². The summed E-state index contributed by atoms with van der Waals surface area (Å²) in [6, 6.07) is 14.8. The summed E-state index contributed by atoms with van der Waals surface area (Å²) in [5.74, 6) is 0.760. The average molecular weight is 307 g/mol. The molecule has 3 aliphatic rings. The van der Waals surface area contributed by atoms with E-state index in [1.807, 2.05) is 0 Å². The molecule has 3 aliphatic heterocycles. The van der Waals surface area contributed by atoms with Gasteiger partial charge in [-0.05, 0) is 35.6 Å². The van der Waals surface area contributed by atoms with E-state index in [0.717, 1.165) is 45.0 Å². The SMILES string of the molecule is c1ccc2c(c1)ccc1cc3sc(=[N+]4CCCC4)nc-3oc12. The van der Waals surface area contributed by atoms with Crippen LogP contribution in [0.5, 0.6) is 0 Å². The Hall–Kier alpha value is -2.20. The summed E-state index contributed by atoms with van der Waals surface area (Å²) in [4.78, 5) is 6.95. The van der Waals surface area contributed by atoms with Gasteiger partial charge in [-0.3, -0.25) is 0 Å². The molecule has 0 atom stereocenters. The third-order valence-electron chi connectivity index (χ3n) is 4.38. The number of thiazole rings is 1. The fourth-order valence-corrected chi connectivity index (χ4v) is 4.24. The van der Waals surface area contributed by atoms with Crippen LogP contribution in [0.1, 0.15) is 12.8 Å². The van der Waals surface area contributed by atoms with E-state index >= 15 is 0 Å². The molecular weight excluding hydrogens is 292 g/mol. The number of hydrogen-bond donors (Lipinski definition) is 0. The summed E-state index contributed by atoms with van der Waals surface area (Å²) in [7, 11) is 0. The summed E-state index contributed by atoms with van der Waals surface area (Å²) in [5.41, 5.74) is 0.934. The third kappa shape index (κ3) is 1.80. The second-order valence-corrected chi connectivity index (χ2v) is 6.82. The van der Waals surface area contributed by atoms with E-state index in [4.69, 9.17) is 9.40 Å². The second kappa shape index (κ2) is 4.65. The van der Waals surface area contributed by atoms with E-state index < -0.39 is 0 Å². The molecule has 0 unspecified atom stereocenters. The van der Waals surface area contributed by atoms with E-state index in [2.05, 4.69) is 47.0 Å². The number of aromatic nitrogens is 1. The molecule has 0 saturated carbocycles. The Morgan fingerprint density at radius 2 is 1.82 bits per heavy atom. The van der Waals surface area contributed by atoms with Crippen LogP contribution in [0.4, 0.5) is 0 Å². The zero-order valence-electron chi connectivity index (χ0n) is 12.1. The highest BCUT2D eigenvalue weighted by molar-refractivity contribution is 7.12. The Kier molecular flexibility index (Phi) is 2.61. The molecule has 1 saturated heterocycles. The minimum atomic E-state index is 0.760. The van der Waals surface area contributed by atoms with Crippen molar-refractivity contribution in [3.63, 3.8) is 0 Å². The molecule has 3 heterocycles. The standard InChI is InChI=1S/C18H15N2OS/c1-2-6-14-12(5-1)7-8-13-11-15-17(21-16(13)14)19-18(22-15)20-9-3-4-10-20/h1-2,5-8,11H,3-4,9-10H2/q+1. The van der Waals surface area contributed by atoms with Crippen molar-refractivity contribution in [1.29, 1.82) is 0 Å². The lowest BCUT2D eigenvalue weighted by atomic mass is 10.1. The third-order valence-corrected chi connectivity index (χ3v) is 5.43. The van der Waals surface area contributed by atoms with Gasteiger partial charge in [-0.2, -0.15) is 0 Å². The summed E-state index contributed by atoms with van der Waals surface area (Å²) in [6.45, 7) is 2.23. The van der Waals surface area contributed by atoms with E-state index in [1.54, 1.807) is 11.3 Å². The van der Waals surface area contributed by atoms with Crippen molar-refractivity contribution in [3.8, 4) is 10.8 Å². The van der Waals surface area contributed by atoms with Crippen molar-refractivity contribution >= 4 is 33.1 Å². The molecule has 2 aromatic carbocycles. The molecule has 5 rings (SSSR count). The van der Waals surface area contributed by atoms with Gasteiger partial charge in [0.1, 0.15) is 10.5 Å². The lowest BCUT2D eigenvalue weighted by Gasteiger charge is -2.03. The van der Waals surface area contributed by atoms with Gasteiger partial charge in [-0.15, -0.1) is 0 Å².